The van der Waals surface area contributed by atoms with Crippen molar-refractivity contribution in [1.29, 1.82) is 0 Å². The second kappa shape index (κ2) is 4.21. The van der Waals surface area contributed by atoms with E-state index in [9.17, 15) is 4.79 Å². The van der Waals surface area contributed by atoms with E-state index in [1.54, 1.807) is 0 Å². The Morgan fingerprint density at radius 1 is 1.44 bits per heavy atom. The first-order chi connectivity index (χ1) is 7.68. The van der Waals surface area contributed by atoms with Gasteiger partial charge in [0.2, 0.25) is 5.89 Å². The Bertz CT molecular complexity index is 382. The van der Waals surface area contributed by atoms with E-state index < -0.39 is 5.97 Å². The van der Waals surface area contributed by atoms with Gasteiger partial charge < -0.3 is 15.4 Å². The lowest BCUT2D eigenvalue weighted by molar-refractivity contribution is 0.0680. The van der Waals surface area contributed by atoms with Gasteiger partial charge in [0.15, 0.2) is 0 Å². The summed E-state index contributed by atoms with van der Waals surface area (Å²) in [6.07, 6.45) is 5.11. The van der Waals surface area contributed by atoms with Crippen LogP contribution in [0.1, 0.15) is 48.6 Å². The van der Waals surface area contributed by atoms with E-state index in [2.05, 4.69) is 10.1 Å². The van der Waals surface area contributed by atoms with Crippen molar-refractivity contribution in [2.24, 2.45) is 5.73 Å². The zero-order chi connectivity index (χ0) is 11.6. The summed E-state index contributed by atoms with van der Waals surface area (Å²) >= 11 is 0. The zero-order valence-electron chi connectivity index (χ0n) is 8.98. The third kappa shape index (κ3) is 1.80. The number of carboxylic acid groups (broad SMARTS) is 1. The quantitative estimate of drug-likeness (QED) is 0.793. The van der Waals surface area contributed by atoms with E-state index >= 15 is 0 Å². The van der Waals surface area contributed by atoms with Crippen LogP contribution in [-0.4, -0.2) is 27.8 Å². The molecule has 1 aliphatic carbocycles. The Balaban J connectivity index is 2.28. The number of nitrogens with two attached hydrogens (primary N) is 1. The molecule has 0 radical (unpaired) electrons. The summed E-state index contributed by atoms with van der Waals surface area (Å²) in [5.41, 5.74) is 5.47. The van der Waals surface area contributed by atoms with Crippen molar-refractivity contribution in [3.8, 4) is 0 Å². The van der Waals surface area contributed by atoms with Gasteiger partial charge >= 0.3 is 5.97 Å². The van der Waals surface area contributed by atoms with Crippen LogP contribution in [0.15, 0.2) is 4.52 Å². The van der Waals surface area contributed by atoms with Crippen LogP contribution < -0.4 is 5.73 Å². The summed E-state index contributed by atoms with van der Waals surface area (Å²) in [7, 11) is 0. The molecule has 1 fully saturated rings. The number of rotatable bonds is 3. The standard InChI is InChI=1S/C10H15N3O3/c11-6-10(4-2-1-3-5-10)9-12-7(8(14)15)13-16-9/h1-6,11H2,(H,14,15). The Morgan fingerprint density at radius 3 is 2.62 bits per heavy atom. The molecule has 6 heteroatoms. The predicted molar refractivity (Wildman–Crippen MR) is 55.1 cm³/mol. The molecular weight excluding hydrogens is 210 g/mol. The SMILES string of the molecule is NCC1(c2nc(C(=O)O)no2)CCCCC1. The maximum atomic E-state index is 10.7. The molecule has 1 aliphatic rings. The molecule has 88 valence electrons. The van der Waals surface area contributed by atoms with Crippen molar-refractivity contribution >= 4 is 5.97 Å². The molecule has 1 aromatic rings. The second-order valence-electron chi connectivity index (χ2n) is 4.27. The molecule has 3 N–H and O–H groups in total. The molecule has 0 bridgehead atoms. The summed E-state index contributed by atoms with van der Waals surface area (Å²) in [6, 6.07) is 0. The first kappa shape index (κ1) is 11.1. The summed E-state index contributed by atoms with van der Waals surface area (Å²) in [5, 5.41) is 12.2. The van der Waals surface area contributed by atoms with Crippen LogP contribution in [0, 0.1) is 0 Å². The molecule has 0 aliphatic heterocycles. The molecule has 0 spiro atoms. The number of hydrogen-bond donors (Lipinski definition) is 2. The van der Waals surface area contributed by atoms with Gasteiger partial charge in [-0.25, -0.2) is 4.79 Å². The lowest BCUT2D eigenvalue weighted by atomic mass is 9.74. The molecule has 0 amide bonds. The lowest BCUT2D eigenvalue weighted by Crippen LogP contribution is -2.37. The minimum Gasteiger partial charge on any atom is -0.475 e. The van der Waals surface area contributed by atoms with Crippen molar-refractivity contribution in [1.82, 2.24) is 10.1 Å². The van der Waals surface area contributed by atoms with E-state index in [0.717, 1.165) is 25.7 Å². The van der Waals surface area contributed by atoms with Gasteiger partial charge in [0.05, 0.1) is 5.41 Å². The third-order valence-corrected chi connectivity index (χ3v) is 3.27. The molecule has 1 saturated carbocycles. The molecular formula is C10H15N3O3. The van der Waals surface area contributed by atoms with Gasteiger partial charge in [0.25, 0.3) is 5.82 Å². The number of nitrogens with zero attached hydrogens (tertiary/aromatic N) is 2. The van der Waals surface area contributed by atoms with E-state index in [0.29, 0.717) is 12.4 Å². The Kier molecular flexibility index (Phi) is 2.91. The van der Waals surface area contributed by atoms with Crippen LogP contribution in [0.2, 0.25) is 0 Å². The van der Waals surface area contributed by atoms with E-state index in [4.69, 9.17) is 15.4 Å². The largest absolute Gasteiger partial charge is 0.475 e. The van der Waals surface area contributed by atoms with Crippen molar-refractivity contribution < 1.29 is 14.4 Å². The number of carboxylic acids is 1. The smallest absolute Gasteiger partial charge is 0.377 e. The van der Waals surface area contributed by atoms with Crippen molar-refractivity contribution in [2.45, 2.75) is 37.5 Å². The molecule has 2 rings (SSSR count). The molecule has 16 heavy (non-hydrogen) atoms. The topological polar surface area (TPSA) is 102 Å². The highest BCUT2D eigenvalue weighted by molar-refractivity contribution is 5.82. The van der Waals surface area contributed by atoms with Gasteiger partial charge in [0.1, 0.15) is 0 Å². The number of aromatic carboxylic acids is 1. The van der Waals surface area contributed by atoms with Crippen molar-refractivity contribution in [3.05, 3.63) is 11.7 Å². The Labute approximate surface area is 92.8 Å². The molecule has 0 atom stereocenters. The fraction of sp³-hybridized carbons (Fsp3) is 0.700. The predicted octanol–water partition coefficient (Wildman–Crippen LogP) is 0.928. The third-order valence-electron chi connectivity index (χ3n) is 3.27. The number of aromatic nitrogens is 2. The van der Waals surface area contributed by atoms with Crippen molar-refractivity contribution in [3.63, 3.8) is 0 Å². The minimum absolute atomic E-state index is 0.284. The molecule has 0 aromatic carbocycles. The second-order valence-corrected chi connectivity index (χ2v) is 4.27. The van der Waals surface area contributed by atoms with Crippen LogP contribution in [-0.2, 0) is 5.41 Å². The summed E-state index contributed by atoms with van der Waals surface area (Å²) in [6.45, 7) is 0.425. The fourth-order valence-corrected chi connectivity index (χ4v) is 2.26. The minimum atomic E-state index is -1.17. The van der Waals surface area contributed by atoms with E-state index in [1.807, 2.05) is 0 Å². The highest BCUT2D eigenvalue weighted by atomic mass is 16.5. The molecule has 6 nitrogen and oxygen atoms in total. The van der Waals surface area contributed by atoms with Gasteiger partial charge in [-0.05, 0) is 18.0 Å². The van der Waals surface area contributed by atoms with Crippen LogP contribution in [0.4, 0.5) is 0 Å². The Morgan fingerprint density at radius 2 is 2.12 bits per heavy atom. The van der Waals surface area contributed by atoms with E-state index in [1.165, 1.54) is 6.42 Å². The van der Waals surface area contributed by atoms with Gasteiger partial charge in [0, 0.05) is 6.54 Å². The Hall–Kier alpha value is -1.43. The highest BCUT2D eigenvalue weighted by Crippen LogP contribution is 2.37. The zero-order valence-corrected chi connectivity index (χ0v) is 8.98. The summed E-state index contributed by atoms with van der Waals surface area (Å²) in [5.74, 6) is -1.07. The number of hydrogen-bond acceptors (Lipinski definition) is 5. The van der Waals surface area contributed by atoms with Gasteiger partial charge in [-0.2, -0.15) is 4.98 Å². The van der Waals surface area contributed by atoms with Crippen LogP contribution in [0.3, 0.4) is 0 Å². The monoisotopic (exact) mass is 225 g/mol. The number of carbonyl (C=O) groups is 1. The first-order valence-electron chi connectivity index (χ1n) is 5.45. The molecule has 0 unspecified atom stereocenters. The lowest BCUT2D eigenvalue weighted by Gasteiger charge is -2.32. The fourth-order valence-electron chi connectivity index (χ4n) is 2.26. The first-order valence-corrected chi connectivity index (χ1v) is 5.45. The van der Waals surface area contributed by atoms with E-state index in [-0.39, 0.29) is 11.2 Å². The molecule has 0 saturated heterocycles. The maximum absolute atomic E-state index is 10.7. The average molecular weight is 225 g/mol. The normalized spacial score (nSPS) is 19.6. The average Bonchev–Trinajstić information content (AvgIpc) is 2.80. The summed E-state index contributed by atoms with van der Waals surface area (Å²) < 4.78 is 5.04. The van der Waals surface area contributed by atoms with Gasteiger partial charge in [-0.1, -0.05) is 19.3 Å². The van der Waals surface area contributed by atoms with Crippen molar-refractivity contribution in [2.75, 3.05) is 6.54 Å². The molecule has 1 aromatic heterocycles. The maximum Gasteiger partial charge on any atom is 0.377 e. The van der Waals surface area contributed by atoms with Crippen LogP contribution >= 0.6 is 0 Å². The molecule has 1 heterocycles. The van der Waals surface area contributed by atoms with Crippen LogP contribution in [0.5, 0.6) is 0 Å². The van der Waals surface area contributed by atoms with Gasteiger partial charge in [-0.3, -0.25) is 0 Å². The summed E-state index contributed by atoms with van der Waals surface area (Å²) in [4.78, 5) is 14.6. The highest BCUT2D eigenvalue weighted by Gasteiger charge is 2.38. The van der Waals surface area contributed by atoms with Crippen LogP contribution in [0.25, 0.3) is 0 Å². The van der Waals surface area contributed by atoms with Gasteiger partial charge in [-0.15, -0.1) is 0 Å².